The van der Waals surface area contributed by atoms with Crippen molar-refractivity contribution in [3.8, 4) is 0 Å². The predicted octanol–water partition coefficient (Wildman–Crippen LogP) is 2.61. The Labute approximate surface area is 130 Å². The van der Waals surface area contributed by atoms with Crippen molar-refractivity contribution in [1.82, 2.24) is 4.72 Å². The van der Waals surface area contributed by atoms with Crippen LogP contribution in [0.4, 0.5) is 14.5 Å². The van der Waals surface area contributed by atoms with Gasteiger partial charge in [-0.15, -0.1) is 0 Å². The number of alkyl halides is 2. The molecular weight excluding hydrogens is 310 g/mol. The summed E-state index contributed by atoms with van der Waals surface area (Å²) in [6.45, 7) is 0.106. The van der Waals surface area contributed by atoms with Crippen molar-refractivity contribution in [2.45, 2.75) is 31.7 Å². The maximum atomic E-state index is 13.6. The van der Waals surface area contributed by atoms with Crippen molar-refractivity contribution in [3.63, 3.8) is 0 Å². The summed E-state index contributed by atoms with van der Waals surface area (Å²) in [5.74, 6) is -4.45. The highest BCUT2D eigenvalue weighted by Crippen LogP contribution is 2.40. The fourth-order valence-corrected chi connectivity index (χ4v) is 4.25. The number of benzene rings is 1. The highest BCUT2D eigenvalue weighted by Gasteiger charge is 2.45. The number of anilines is 1. The summed E-state index contributed by atoms with van der Waals surface area (Å²) < 4.78 is 53.7. The highest BCUT2D eigenvalue weighted by molar-refractivity contribution is 7.89. The Morgan fingerprint density at radius 2 is 2.00 bits per heavy atom. The standard InChI is InChI=1S/C15H22F2N2O2S/c1-19(2)14-8-4-3-6-12(14)10-18-22(20,21)11-13-7-5-9-15(13,16)17/h3-4,6,8,13,18H,5,7,9-11H2,1-2H3. The molecule has 2 rings (SSSR count). The van der Waals surface area contributed by atoms with Crippen LogP contribution in [0.2, 0.25) is 0 Å². The molecule has 1 aliphatic carbocycles. The molecule has 1 unspecified atom stereocenters. The van der Waals surface area contributed by atoms with Crippen molar-refractivity contribution < 1.29 is 17.2 Å². The molecule has 1 fully saturated rings. The molecule has 0 amide bonds. The van der Waals surface area contributed by atoms with Gasteiger partial charge in [0.2, 0.25) is 10.0 Å². The zero-order valence-corrected chi connectivity index (χ0v) is 13.7. The first-order chi connectivity index (χ1) is 10.2. The molecule has 0 aliphatic heterocycles. The molecule has 1 atom stereocenters. The average molecular weight is 332 g/mol. The second-order valence-electron chi connectivity index (χ2n) is 5.98. The van der Waals surface area contributed by atoms with E-state index in [1.165, 1.54) is 0 Å². The number of nitrogens with one attached hydrogen (secondary N) is 1. The third kappa shape index (κ3) is 4.16. The molecule has 7 heteroatoms. The number of rotatable bonds is 6. The van der Waals surface area contributed by atoms with Crippen LogP contribution in [-0.2, 0) is 16.6 Å². The van der Waals surface area contributed by atoms with Gasteiger partial charge in [0.25, 0.3) is 5.92 Å². The molecule has 22 heavy (non-hydrogen) atoms. The summed E-state index contributed by atoms with van der Waals surface area (Å²) >= 11 is 0. The van der Waals surface area contributed by atoms with Gasteiger partial charge in [-0.05, 0) is 24.5 Å². The summed E-state index contributed by atoms with van der Waals surface area (Å²) in [7, 11) is 0.00973. The second-order valence-corrected chi connectivity index (χ2v) is 7.83. The summed E-state index contributed by atoms with van der Waals surface area (Å²) in [4.78, 5) is 1.88. The lowest BCUT2D eigenvalue weighted by Gasteiger charge is -2.20. The van der Waals surface area contributed by atoms with Crippen molar-refractivity contribution in [1.29, 1.82) is 0 Å². The molecule has 1 saturated carbocycles. The zero-order chi connectivity index (χ0) is 16.4. The van der Waals surface area contributed by atoms with Crippen LogP contribution in [0, 0.1) is 5.92 Å². The first kappa shape index (κ1) is 17.1. The maximum Gasteiger partial charge on any atom is 0.251 e. The van der Waals surface area contributed by atoms with E-state index in [0.29, 0.717) is 6.42 Å². The third-order valence-corrected chi connectivity index (χ3v) is 5.46. The average Bonchev–Trinajstić information content (AvgIpc) is 2.75. The van der Waals surface area contributed by atoms with Gasteiger partial charge in [0, 0.05) is 38.7 Å². The van der Waals surface area contributed by atoms with Crippen molar-refractivity contribution >= 4 is 15.7 Å². The topological polar surface area (TPSA) is 49.4 Å². The molecule has 1 N–H and O–H groups in total. The van der Waals surface area contributed by atoms with Gasteiger partial charge in [-0.1, -0.05) is 18.2 Å². The molecule has 0 radical (unpaired) electrons. The van der Waals surface area contributed by atoms with E-state index in [4.69, 9.17) is 0 Å². The SMILES string of the molecule is CN(C)c1ccccc1CNS(=O)(=O)CC1CCCC1(F)F. The first-order valence-electron chi connectivity index (χ1n) is 7.32. The summed E-state index contributed by atoms with van der Waals surface area (Å²) in [5.41, 5.74) is 1.71. The quantitative estimate of drug-likeness (QED) is 0.871. The lowest BCUT2D eigenvalue weighted by atomic mass is 10.1. The number of hydrogen-bond acceptors (Lipinski definition) is 3. The third-order valence-electron chi connectivity index (χ3n) is 4.04. The first-order valence-corrected chi connectivity index (χ1v) is 8.97. The van der Waals surface area contributed by atoms with Gasteiger partial charge in [-0.25, -0.2) is 21.9 Å². The number of para-hydroxylation sites is 1. The van der Waals surface area contributed by atoms with Gasteiger partial charge in [-0.2, -0.15) is 0 Å². The smallest absolute Gasteiger partial charge is 0.251 e. The summed E-state index contributed by atoms with van der Waals surface area (Å²) in [6.07, 6.45) is 0.440. The molecule has 0 spiro atoms. The van der Waals surface area contributed by atoms with Crippen LogP contribution in [0.15, 0.2) is 24.3 Å². The van der Waals surface area contributed by atoms with E-state index in [-0.39, 0.29) is 19.4 Å². The van der Waals surface area contributed by atoms with Crippen molar-refractivity contribution in [3.05, 3.63) is 29.8 Å². The minimum atomic E-state index is -3.73. The minimum absolute atomic E-state index is 0.106. The van der Waals surface area contributed by atoms with Crippen LogP contribution < -0.4 is 9.62 Å². The molecule has 124 valence electrons. The lowest BCUT2D eigenvalue weighted by Crippen LogP contribution is -2.35. The van der Waals surface area contributed by atoms with E-state index in [1.807, 2.05) is 43.3 Å². The molecule has 4 nitrogen and oxygen atoms in total. The van der Waals surface area contributed by atoms with Gasteiger partial charge >= 0.3 is 0 Å². The second kappa shape index (κ2) is 6.50. The molecule has 0 bridgehead atoms. The highest BCUT2D eigenvalue weighted by atomic mass is 32.2. The van der Waals surface area contributed by atoms with Crippen LogP contribution in [-0.4, -0.2) is 34.2 Å². The Hall–Kier alpha value is -1.21. The van der Waals surface area contributed by atoms with Gasteiger partial charge in [0.15, 0.2) is 0 Å². The monoisotopic (exact) mass is 332 g/mol. The summed E-state index contributed by atoms with van der Waals surface area (Å²) in [5, 5.41) is 0. The zero-order valence-electron chi connectivity index (χ0n) is 12.9. The van der Waals surface area contributed by atoms with E-state index < -0.39 is 27.6 Å². The van der Waals surface area contributed by atoms with Gasteiger partial charge < -0.3 is 4.90 Å². The summed E-state index contributed by atoms with van der Waals surface area (Å²) in [6, 6.07) is 7.39. The lowest BCUT2D eigenvalue weighted by molar-refractivity contribution is -0.0288. The van der Waals surface area contributed by atoms with Crippen molar-refractivity contribution in [2.75, 3.05) is 24.7 Å². The van der Waals surface area contributed by atoms with Gasteiger partial charge in [-0.3, -0.25) is 0 Å². The molecule has 1 aliphatic rings. The Morgan fingerprint density at radius 1 is 1.32 bits per heavy atom. The van der Waals surface area contributed by atoms with Crippen LogP contribution in [0.1, 0.15) is 24.8 Å². The maximum absolute atomic E-state index is 13.6. The van der Waals surface area contributed by atoms with Crippen LogP contribution >= 0.6 is 0 Å². The van der Waals surface area contributed by atoms with E-state index in [1.54, 1.807) is 0 Å². The van der Waals surface area contributed by atoms with E-state index in [0.717, 1.165) is 11.3 Å². The Bertz CT molecular complexity index is 618. The molecular formula is C15H22F2N2O2S. The largest absolute Gasteiger partial charge is 0.377 e. The van der Waals surface area contributed by atoms with Crippen molar-refractivity contribution in [2.24, 2.45) is 5.92 Å². The Kier molecular flexibility index (Phi) is 5.07. The molecule has 0 saturated heterocycles. The minimum Gasteiger partial charge on any atom is -0.377 e. The van der Waals surface area contributed by atoms with Crippen LogP contribution in [0.3, 0.4) is 0 Å². The molecule has 0 aromatic heterocycles. The Morgan fingerprint density at radius 3 is 2.59 bits per heavy atom. The van der Waals surface area contributed by atoms with E-state index in [9.17, 15) is 17.2 Å². The van der Waals surface area contributed by atoms with Gasteiger partial charge in [0.05, 0.1) is 5.75 Å². The number of hydrogen-bond donors (Lipinski definition) is 1. The van der Waals surface area contributed by atoms with Crippen LogP contribution in [0.5, 0.6) is 0 Å². The Balaban J connectivity index is 2.02. The normalized spacial score (nSPS) is 21.0. The molecule has 1 aromatic rings. The predicted molar refractivity (Wildman–Crippen MR) is 83.7 cm³/mol. The fourth-order valence-electron chi connectivity index (χ4n) is 2.81. The molecule has 1 aromatic carbocycles. The fraction of sp³-hybridized carbons (Fsp3) is 0.600. The number of sulfonamides is 1. The van der Waals surface area contributed by atoms with Crippen LogP contribution in [0.25, 0.3) is 0 Å². The number of halogens is 2. The van der Waals surface area contributed by atoms with Gasteiger partial charge in [0.1, 0.15) is 0 Å². The van der Waals surface area contributed by atoms with E-state index in [2.05, 4.69) is 4.72 Å². The van der Waals surface area contributed by atoms with E-state index >= 15 is 0 Å². The molecule has 0 heterocycles. The number of nitrogens with zero attached hydrogens (tertiary/aromatic N) is 1.